The Hall–Kier alpha value is -1.57. The van der Waals surface area contributed by atoms with Crippen LogP contribution >= 0.6 is 0 Å². The Labute approximate surface area is 104 Å². The van der Waals surface area contributed by atoms with Crippen molar-refractivity contribution < 1.29 is 33.2 Å². The Bertz CT molecular complexity index is 510. The van der Waals surface area contributed by atoms with Gasteiger partial charge in [0.15, 0.2) is 12.2 Å². The van der Waals surface area contributed by atoms with Crippen molar-refractivity contribution in [3.8, 4) is 11.5 Å². The monoisotopic (exact) mass is 210 g/mol. The third-order valence-corrected chi connectivity index (χ3v) is 1.88. The van der Waals surface area contributed by atoms with Crippen LogP contribution in [0, 0.1) is 6.92 Å². The molecule has 0 unspecified atom stereocenters. The molecule has 2 heterocycles. The molecule has 0 aromatic carbocycles. The second-order valence-corrected chi connectivity index (χ2v) is 2.98. The largest absolute Gasteiger partial charge is 1.00 e. The average molecular weight is 210 g/mol. The summed E-state index contributed by atoms with van der Waals surface area (Å²) < 4.78 is 4.97. The number of oxazole rings is 1. The first-order valence-corrected chi connectivity index (χ1v) is 4.27. The molecule has 0 fully saturated rings. The van der Waals surface area contributed by atoms with Crippen LogP contribution in [0.3, 0.4) is 0 Å². The van der Waals surface area contributed by atoms with Gasteiger partial charge in [0, 0.05) is 5.69 Å². The standard InChI is InChI=1S/C10H8N2O3.Li/c1-6-3-2-4-7(12-6)9-8(10(13)14)11-5-15-9;/h2-5H,1H3,(H,13,14);/q;+1/p-1. The van der Waals surface area contributed by atoms with Gasteiger partial charge in [-0.05, 0) is 19.1 Å². The quantitative estimate of drug-likeness (QED) is 0.508. The van der Waals surface area contributed by atoms with E-state index in [2.05, 4.69) is 9.97 Å². The van der Waals surface area contributed by atoms with Gasteiger partial charge in [-0.3, -0.25) is 0 Å². The predicted molar refractivity (Wildman–Crippen MR) is 48.8 cm³/mol. The van der Waals surface area contributed by atoms with Gasteiger partial charge >= 0.3 is 18.9 Å². The zero-order valence-electron chi connectivity index (χ0n) is 8.93. The Morgan fingerprint density at radius 2 is 2.19 bits per heavy atom. The van der Waals surface area contributed by atoms with E-state index in [9.17, 15) is 9.90 Å². The van der Waals surface area contributed by atoms with Crippen LogP contribution in [0.15, 0.2) is 29.0 Å². The number of aromatic nitrogens is 2. The Morgan fingerprint density at radius 1 is 1.44 bits per heavy atom. The van der Waals surface area contributed by atoms with Gasteiger partial charge in [0.1, 0.15) is 11.4 Å². The molecule has 0 aliphatic rings. The van der Waals surface area contributed by atoms with Gasteiger partial charge in [0.2, 0.25) is 0 Å². The number of aryl methyl sites for hydroxylation is 1. The molecule has 0 atom stereocenters. The van der Waals surface area contributed by atoms with Crippen molar-refractivity contribution in [1.82, 2.24) is 9.97 Å². The summed E-state index contributed by atoms with van der Waals surface area (Å²) in [6, 6.07) is 5.22. The van der Waals surface area contributed by atoms with Crippen LogP contribution < -0.4 is 24.0 Å². The van der Waals surface area contributed by atoms with Gasteiger partial charge in [-0.2, -0.15) is 0 Å². The predicted octanol–water partition coefficient (Wildman–Crippen LogP) is -2.59. The van der Waals surface area contributed by atoms with E-state index in [0.29, 0.717) is 5.69 Å². The fourth-order valence-corrected chi connectivity index (χ4v) is 1.24. The summed E-state index contributed by atoms with van der Waals surface area (Å²) in [5, 5.41) is 10.7. The maximum atomic E-state index is 10.7. The number of hydrogen-bond donors (Lipinski definition) is 0. The Kier molecular flexibility index (Phi) is 3.88. The summed E-state index contributed by atoms with van der Waals surface area (Å²) >= 11 is 0. The summed E-state index contributed by atoms with van der Waals surface area (Å²) in [5.74, 6) is -1.25. The molecule has 6 heteroatoms. The second kappa shape index (κ2) is 4.97. The molecule has 2 rings (SSSR count). The minimum Gasteiger partial charge on any atom is -0.543 e. The maximum absolute atomic E-state index is 10.7. The number of hydrogen-bond acceptors (Lipinski definition) is 5. The van der Waals surface area contributed by atoms with Gasteiger partial charge in [0.05, 0.1) is 5.97 Å². The number of rotatable bonds is 2. The molecule has 0 amide bonds. The normalized spacial score (nSPS) is 9.56. The molecule has 0 N–H and O–H groups in total. The molecule has 0 bridgehead atoms. The summed E-state index contributed by atoms with van der Waals surface area (Å²) in [4.78, 5) is 18.4. The molecule has 2 aromatic heterocycles. The van der Waals surface area contributed by atoms with E-state index in [1.807, 2.05) is 0 Å². The maximum Gasteiger partial charge on any atom is 1.00 e. The Morgan fingerprint density at radius 3 is 2.81 bits per heavy atom. The van der Waals surface area contributed by atoms with Crippen LogP contribution in [0.5, 0.6) is 0 Å². The van der Waals surface area contributed by atoms with Crippen LogP contribution in [0.2, 0.25) is 0 Å². The van der Waals surface area contributed by atoms with Crippen LogP contribution in [-0.4, -0.2) is 15.9 Å². The summed E-state index contributed by atoms with van der Waals surface area (Å²) in [7, 11) is 0. The van der Waals surface area contributed by atoms with Gasteiger partial charge in [-0.15, -0.1) is 0 Å². The van der Waals surface area contributed by atoms with Gasteiger partial charge in [-0.25, -0.2) is 9.97 Å². The average Bonchev–Trinajstić information content (AvgIpc) is 2.65. The summed E-state index contributed by atoms with van der Waals surface area (Å²) in [6.45, 7) is 1.80. The summed E-state index contributed by atoms with van der Waals surface area (Å²) in [6.07, 6.45) is 1.06. The van der Waals surface area contributed by atoms with E-state index in [1.165, 1.54) is 0 Å². The van der Waals surface area contributed by atoms with Crippen molar-refractivity contribution in [2.45, 2.75) is 6.92 Å². The number of nitrogens with zero attached hydrogens (tertiary/aromatic N) is 2. The fourth-order valence-electron chi connectivity index (χ4n) is 1.24. The van der Waals surface area contributed by atoms with Crippen LogP contribution in [-0.2, 0) is 0 Å². The number of carbonyl (C=O) groups is 1. The van der Waals surface area contributed by atoms with Crippen LogP contribution in [0.25, 0.3) is 11.5 Å². The molecule has 0 aliphatic carbocycles. The smallest absolute Gasteiger partial charge is 0.543 e. The zero-order valence-corrected chi connectivity index (χ0v) is 8.93. The molecule has 16 heavy (non-hydrogen) atoms. The SMILES string of the molecule is Cc1cccc(-c2ocnc2C(=O)[O-])n1.[Li+]. The van der Waals surface area contributed by atoms with Gasteiger partial charge < -0.3 is 14.3 Å². The third-order valence-electron chi connectivity index (χ3n) is 1.88. The molecule has 2 aromatic rings. The zero-order chi connectivity index (χ0) is 10.8. The first kappa shape index (κ1) is 12.5. The van der Waals surface area contributed by atoms with E-state index >= 15 is 0 Å². The third kappa shape index (κ3) is 2.32. The first-order valence-electron chi connectivity index (χ1n) is 4.27. The van der Waals surface area contributed by atoms with Gasteiger partial charge in [-0.1, -0.05) is 6.07 Å². The number of carboxylic acid groups (broad SMARTS) is 1. The van der Waals surface area contributed by atoms with Crippen molar-refractivity contribution in [3.05, 3.63) is 36.0 Å². The molecule has 0 spiro atoms. The van der Waals surface area contributed by atoms with Crippen LogP contribution in [0.1, 0.15) is 16.2 Å². The summed E-state index contributed by atoms with van der Waals surface area (Å²) in [5.41, 5.74) is 0.980. The van der Waals surface area contributed by atoms with Crippen molar-refractivity contribution in [2.24, 2.45) is 0 Å². The number of aromatic carboxylic acids is 1. The fraction of sp³-hybridized carbons (Fsp3) is 0.100. The van der Waals surface area contributed by atoms with Crippen molar-refractivity contribution >= 4 is 5.97 Å². The molecule has 5 nitrogen and oxygen atoms in total. The molecule has 0 saturated heterocycles. The Balaban J connectivity index is 0.00000128. The van der Waals surface area contributed by atoms with Crippen molar-refractivity contribution in [2.75, 3.05) is 0 Å². The number of carbonyl (C=O) groups excluding carboxylic acids is 1. The molecule has 0 saturated carbocycles. The molecule has 76 valence electrons. The molecular formula is C10H7LiN2O3. The van der Waals surface area contributed by atoms with E-state index in [1.54, 1.807) is 25.1 Å². The topological polar surface area (TPSA) is 79.0 Å². The van der Waals surface area contributed by atoms with E-state index in [-0.39, 0.29) is 30.3 Å². The molecule has 0 aliphatic heterocycles. The van der Waals surface area contributed by atoms with E-state index in [0.717, 1.165) is 12.1 Å². The number of carboxylic acids is 1. The van der Waals surface area contributed by atoms with Crippen molar-refractivity contribution in [3.63, 3.8) is 0 Å². The van der Waals surface area contributed by atoms with Gasteiger partial charge in [0.25, 0.3) is 0 Å². The second-order valence-electron chi connectivity index (χ2n) is 2.98. The minimum atomic E-state index is -1.37. The van der Waals surface area contributed by atoms with Crippen molar-refractivity contribution in [1.29, 1.82) is 0 Å². The van der Waals surface area contributed by atoms with Crippen LogP contribution in [0.4, 0.5) is 0 Å². The van der Waals surface area contributed by atoms with E-state index < -0.39 is 5.97 Å². The van der Waals surface area contributed by atoms with E-state index in [4.69, 9.17) is 4.42 Å². The minimum absolute atomic E-state index is 0. The molecular weight excluding hydrogens is 203 g/mol. The molecule has 0 radical (unpaired) electrons. The first-order chi connectivity index (χ1) is 7.18. The number of pyridine rings is 1.